The Morgan fingerprint density at radius 2 is 1.78 bits per heavy atom. The van der Waals surface area contributed by atoms with Crippen molar-refractivity contribution in [2.45, 2.75) is 77.6 Å². The normalized spacial score (nSPS) is 19.2. The maximum atomic E-state index is 4.39. The van der Waals surface area contributed by atoms with Gasteiger partial charge in [0.1, 0.15) is 0 Å². The van der Waals surface area contributed by atoms with Crippen LogP contribution in [0.25, 0.3) is 22.2 Å². The maximum Gasteiger partial charge on any atom is 0.0501 e. The van der Waals surface area contributed by atoms with E-state index in [-0.39, 0.29) is 0 Å². The molecule has 0 unspecified atom stereocenters. The standard InChI is InChI=1S/C29H39N3/c1-20(2)28-26-18-24(9-10-27(26)31-29(28)25-11-14-30-21(3)17-25)23-12-15-32(16-13-23)19-22-7-5-4-6-8-22/h9-11,14,17-18,20,22-23,31H,4-8,12-13,15-16,19H2,1-3H3. The highest BCUT2D eigenvalue weighted by molar-refractivity contribution is 5.92. The van der Waals surface area contributed by atoms with Crippen molar-refractivity contribution < 1.29 is 0 Å². The molecule has 3 heterocycles. The molecule has 1 N–H and O–H groups in total. The highest BCUT2D eigenvalue weighted by Crippen LogP contribution is 2.38. The van der Waals surface area contributed by atoms with Crippen molar-refractivity contribution in [1.82, 2.24) is 14.9 Å². The first kappa shape index (κ1) is 21.7. The van der Waals surface area contributed by atoms with E-state index in [1.165, 1.54) is 97.9 Å². The lowest BCUT2D eigenvalue weighted by Crippen LogP contribution is -2.37. The molecule has 2 fully saturated rings. The molecule has 1 saturated heterocycles. The van der Waals surface area contributed by atoms with Crippen LogP contribution in [-0.4, -0.2) is 34.5 Å². The van der Waals surface area contributed by atoms with E-state index in [9.17, 15) is 0 Å². The Balaban J connectivity index is 1.36. The number of pyridine rings is 1. The van der Waals surface area contributed by atoms with Crippen molar-refractivity contribution in [1.29, 1.82) is 0 Å². The van der Waals surface area contributed by atoms with Crippen LogP contribution in [0.15, 0.2) is 36.5 Å². The number of hydrogen-bond donors (Lipinski definition) is 1. The molecule has 1 aromatic carbocycles. The molecule has 0 radical (unpaired) electrons. The molecule has 1 saturated carbocycles. The van der Waals surface area contributed by atoms with Crippen molar-refractivity contribution >= 4 is 10.9 Å². The smallest absolute Gasteiger partial charge is 0.0501 e. The van der Waals surface area contributed by atoms with E-state index in [1.54, 1.807) is 0 Å². The molecule has 170 valence electrons. The number of H-pyrrole nitrogens is 1. The summed E-state index contributed by atoms with van der Waals surface area (Å²) in [7, 11) is 0. The van der Waals surface area contributed by atoms with Crippen molar-refractivity contribution in [2.24, 2.45) is 5.92 Å². The van der Waals surface area contributed by atoms with Gasteiger partial charge in [0.25, 0.3) is 0 Å². The fourth-order valence-corrected chi connectivity index (χ4v) is 6.20. The van der Waals surface area contributed by atoms with Crippen molar-refractivity contribution in [3.05, 3.63) is 53.3 Å². The van der Waals surface area contributed by atoms with Crippen LogP contribution < -0.4 is 0 Å². The molecule has 0 spiro atoms. The van der Waals surface area contributed by atoms with E-state index in [0.29, 0.717) is 11.8 Å². The molecule has 1 aliphatic heterocycles. The number of aromatic amines is 1. The number of aryl methyl sites for hydroxylation is 1. The monoisotopic (exact) mass is 429 g/mol. The van der Waals surface area contributed by atoms with E-state index < -0.39 is 0 Å². The summed E-state index contributed by atoms with van der Waals surface area (Å²) in [5, 5.41) is 1.41. The lowest BCUT2D eigenvalue weighted by molar-refractivity contribution is 0.164. The summed E-state index contributed by atoms with van der Waals surface area (Å²) >= 11 is 0. The second kappa shape index (κ2) is 9.39. The van der Waals surface area contributed by atoms with Crippen LogP contribution in [0.1, 0.15) is 87.4 Å². The van der Waals surface area contributed by atoms with Gasteiger partial charge in [-0.2, -0.15) is 0 Å². The zero-order chi connectivity index (χ0) is 22.1. The molecule has 0 bridgehead atoms. The van der Waals surface area contributed by atoms with E-state index in [2.05, 4.69) is 66.0 Å². The van der Waals surface area contributed by atoms with Crippen LogP contribution in [0.2, 0.25) is 0 Å². The molecule has 1 aliphatic carbocycles. The highest BCUT2D eigenvalue weighted by Gasteiger charge is 2.25. The highest BCUT2D eigenvalue weighted by atomic mass is 15.1. The van der Waals surface area contributed by atoms with Crippen molar-refractivity contribution in [3.63, 3.8) is 0 Å². The lowest BCUT2D eigenvalue weighted by Gasteiger charge is -2.35. The topological polar surface area (TPSA) is 31.9 Å². The summed E-state index contributed by atoms with van der Waals surface area (Å²) in [4.78, 5) is 10.9. The Kier molecular flexibility index (Phi) is 6.37. The summed E-state index contributed by atoms with van der Waals surface area (Å²) in [5.41, 5.74) is 7.82. The third-order valence-electron chi connectivity index (χ3n) is 7.93. The number of hydrogen-bond acceptors (Lipinski definition) is 2. The molecule has 3 aromatic rings. The Morgan fingerprint density at radius 1 is 1.00 bits per heavy atom. The van der Waals surface area contributed by atoms with E-state index in [0.717, 1.165) is 11.6 Å². The maximum absolute atomic E-state index is 4.39. The molecule has 0 atom stereocenters. The van der Waals surface area contributed by atoms with Gasteiger partial charge in [-0.15, -0.1) is 0 Å². The predicted octanol–water partition coefficient (Wildman–Crippen LogP) is 7.42. The molecule has 3 heteroatoms. The first-order chi connectivity index (χ1) is 15.6. The van der Waals surface area contributed by atoms with Crippen LogP contribution in [-0.2, 0) is 0 Å². The second-order valence-electron chi connectivity index (χ2n) is 10.6. The minimum atomic E-state index is 0.472. The summed E-state index contributed by atoms with van der Waals surface area (Å²) in [6.45, 7) is 10.6. The average Bonchev–Trinajstić information content (AvgIpc) is 3.19. The zero-order valence-corrected chi connectivity index (χ0v) is 20.2. The van der Waals surface area contributed by atoms with Gasteiger partial charge in [0.05, 0.1) is 5.69 Å². The first-order valence-electron chi connectivity index (χ1n) is 12.9. The number of nitrogens with zero attached hydrogens (tertiary/aromatic N) is 2. The quantitative estimate of drug-likeness (QED) is 0.457. The lowest BCUT2D eigenvalue weighted by atomic mass is 9.85. The number of aromatic nitrogens is 2. The van der Waals surface area contributed by atoms with Gasteiger partial charge in [-0.25, -0.2) is 0 Å². The third kappa shape index (κ3) is 4.50. The SMILES string of the molecule is Cc1cc(-c2[nH]c3ccc(C4CCN(CC5CCCCC5)CC4)cc3c2C(C)C)ccn1. The largest absolute Gasteiger partial charge is 0.354 e. The number of benzene rings is 1. The predicted molar refractivity (Wildman–Crippen MR) is 135 cm³/mol. The molecule has 2 aliphatic rings. The van der Waals surface area contributed by atoms with Crippen LogP contribution in [0.3, 0.4) is 0 Å². The van der Waals surface area contributed by atoms with Gasteiger partial charge in [0, 0.05) is 34.9 Å². The van der Waals surface area contributed by atoms with Gasteiger partial charge in [-0.05, 0) is 98.8 Å². The number of fused-ring (bicyclic) bond motifs is 1. The zero-order valence-electron chi connectivity index (χ0n) is 20.2. The molecule has 32 heavy (non-hydrogen) atoms. The van der Waals surface area contributed by atoms with Crippen LogP contribution in [0, 0.1) is 12.8 Å². The Hall–Kier alpha value is -2.13. The fourth-order valence-electron chi connectivity index (χ4n) is 6.20. The van der Waals surface area contributed by atoms with Gasteiger partial charge in [-0.1, -0.05) is 39.2 Å². The van der Waals surface area contributed by atoms with E-state index in [1.807, 2.05) is 6.20 Å². The number of likely N-dealkylation sites (tertiary alicyclic amines) is 1. The minimum Gasteiger partial charge on any atom is -0.354 e. The Labute approximate surface area is 193 Å². The minimum absolute atomic E-state index is 0.472. The number of nitrogens with one attached hydrogen (secondary N) is 1. The van der Waals surface area contributed by atoms with Gasteiger partial charge in [0.2, 0.25) is 0 Å². The van der Waals surface area contributed by atoms with Gasteiger partial charge in [-0.3, -0.25) is 4.98 Å². The summed E-state index contributed by atoms with van der Waals surface area (Å²) in [5.74, 6) is 2.13. The van der Waals surface area contributed by atoms with E-state index >= 15 is 0 Å². The molecular formula is C29H39N3. The summed E-state index contributed by atoms with van der Waals surface area (Å²) < 4.78 is 0. The van der Waals surface area contributed by atoms with Gasteiger partial charge < -0.3 is 9.88 Å². The van der Waals surface area contributed by atoms with Crippen molar-refractivity contribution in [2.75, 3.05) is 19.6 Å². The number of piperidine rings is 1. The molecule has 2 aromatic heterocycles. The molecule has 0 amide bonds. The van der Waals surface area contributed by atoms with Gasteiger partial charge in [0.15, 0.2) is 0 Å². The Morgan fingerprint density at radius 3 is 2.50 bits per heavy atom. The molecule has 5 rings (SSSR count). The van der Waals surface area contributed by atoms with Crippen LogP contribution in [0.5, 0.6) is 0 Å². The Bertz CT molecular complexity index is 1050. The van der Waals surface area contributed by atoms with Crippen molar-refractivity contribution in [3.8, 4) is 11.3 Å². The third-order valence-corrected chi connectivity index (χ3v) is 7.93. The number of rotatable bonds is 5. The second-order valence-corrected chi connectivity index (χ2v) is 10.6. The van der Waals surface area contributed by atoms with E-state index in [4.69, 9.17) is 0 Å². The van der Waals surface area contributed by atoms with Crippen LogP contribution >= 0.6 is 0 Å². The molecular weight excluding hydrogens is 390 g/mol. The molecule has 3 nitrogen and oxygen atoms in total. The van der Waals surface area contributed by atoms with Gasteiger partial charge >= 0.3 is 0 Å². The summed E-state index contributed by atoms with van der Waals surface area (Å²) in [6.07, 6.45) is 11.8. The first-order valence-corrected chi connectivity index (χ1v) is 12.9. The van der Waals surface area contributed by atoms with Crippen LogP contribution in [0.4, 0.5) is 0 Å². The average molecular weight is 430 g/mol. The fraction of sp³-hybridized carbons (Fsp3) is 0.552. The summed E-state index contributed by atoms with van der Waals surface area (Å²) in [6, 6.07) is 11.5.